The Kier molecular flexibility index (Phi) is 4.20. The summed E-state index contributed by atoms with van der Waals surface area (Å²) in [5, 5.41) is 10.7. The second-order valence-electron chi connectivity index (χ2n) is 6.11. The number of rotatable bonds is 4. The van der Waals surface area contributed by atoms with Gasteiger partial charge >= 0.3 is 5.97 Å². The smallest absolute Gasteiger partial charge is 0.335 e. The van der Waals surface area contributed by atoms with Crippen molar-refractivity contribution in [2.45, 2.75) is 31.6 Å². The van der Waals surface area contributed by atoms with Crippen LogP contribution in [0.5, 0.6) is 5.75 Å². The second kappa shape index (κ2) is 6.14. The average Bonchev–Trinajstić information content (AvgIpc) is 2.53. The molecule has 122 valence electrons. The van der Waals surface area contributed by atoms with Gasteiger partial charge in [0.05, 0.1) is 12.2 Å². The largest absolute Gasteiger partial charge is 0.493 e. The highest BCUT2D eigenvalue weighted by atomic mass is 19.3. The molecular weight excluding hydrogens is 302 g/mol. The standard InChI is InChI=1S/C18H18F2O3/c19-18(20)8-6-12(7-9-18)11-23-16-3-1-2-13-10-14(17(21)22)4-5-15(13)16/h1-5,10,12H,6-9,11H2,(H,21,22). The number of carboxylic acid groups (broad SMARTS) is 1. The lowest BCUT2D eigenvalue weighted by molar-refractivity contribution is -0.0498. The molecule has 1 aliphatic rings. The van der Waals surface area contributed by atoms with Crippen LogP contribution in [0.15, 0.2) is 36.4 Å². The number of halogens is 2. The Bertz CT molecular complexity index is 717. The summed E-state index contributed by atoms with van der Waals surface area (Å²) in [4.78, 5) is 11.0. The van der Waals surface area contributed by atoms with Crippen molar-refractivity contribution < 1.29 is 23.4 Å². The van der Waals surface area contributed by atoms with E-state index in [2.05, 4.69) is 0 Å². The summed E-state index contributed by atoms with van der Waals surface area (Å²) in [6.07, 6.45) is 0.804. The fourth-order valence-electron chi connectivity index (χ4n) is 2.99. The Morgan fingerprint density at radius 1 is 1.22 bits per heavy atom. The predicted molar refractivity (Wildman–Crippen MR) is 83.3 cm³/mol. The fraction of sp³-hybridized carbons (Fsp3) is 0.389. The van der Waals surface area contributed by atoms with Crippen LogP contribution in [0.3, 0.4) is 0 Å². The zero-order chi connectivity index (χ0) is 16.4. The third kappa shape index (κ3) is 3.60. The molecule has 1 aliphatic carbocycles. The van der Waals surface area contributed by atoms with Crippen LogP contribution in [0, 0.1) is 5.92 Å². The van der Waals surface area contributed by atoms with Gasteiger partial charge in [-0.3, -0.25) is 0 Å². The lowest BCUT2D eigenvalue weighted by Gasteiger charge is -2.28. The Balaban J connectivity index is 1.72. The lowest BCUT2D eigenvalue weighted by Crippen LogP contribution is -2.27. The predicted octanol–water partition coefficient (Wildman–Crippen LogP) is 4.74. The molecule has 0 aliphatic heterocycles. The van der Waals surface area contributed by atoms with Gasteiger partial charge in [-0.15, -0.1) is 0 Å². The fourth-order valence-corrected chi connectivity index (χ4v) is 2.99. The zero-order valence-corrected chi connectivity index (χ0v) is 12.6. The average molecular weight is 320 g/mol. The molecule has 0 aromatic heterocycles. The molecule has 23 heavy (non-hydrogen) atoms. The molecule has 0 saturated heterocycles. The number of hydrogen-bond donors (Lipinski definition) is 1. The first-order chi connectivity index (χ1) is 10.9. The maximum absolute atomic E-state index is 13.2. The van der Waals surface area contributed by atoms with Crippen LogP contribution in [-0.2, 0) is 0 Å². The van der Waals surface area contributed by atoms with Gasteiger partial charge in [-0.1, -0.05) is 12.1 Å². The molecule has 0 atom stereocenters. The van der Waals surface area contributed by atoms with Crippen LogP contribution in [0.25, 0.3) is 10.8 Å². The SMILES string of the molecule is O=C(O)c1ccc2c(OCC3CCC(F)(F)CC3)cccc2c1. The summed E-state index contributed by atoms with van der Waals surface area (Å²) < 4.78 is 32.2. The molecule has 0 bridgehead atoms. The van der Waals surface area contributed by atoms with Crippen molar-refractivity contribution in [1.29, 1.82) is 0 Å². The molecule has 1 saturated carbocycles. The summed E-state index contributed by atoms with van der Waals surface area (Å²) in [6.45, 7) is 0.413. The molecule has 2 aromatic carbocycles. The summed E-state index contributed by atoms with van der Waals surface area (Å²) in [7, 11) is 0. The number of aromatic carboxylic acids is 1. The Morgan fingerprint density at radius 3 is 2.65 bits per heavy atom. The van der Waals surface area contributed by atoms with E-state index in [4.69, 9.17) is 9.84 Å². The van der Waals surface area contributed by atoms with Gasteiger partial charge in [0.2, 0.25) is 5.92 Å². The third-order valence-corrected chi connectivity index (χ3v) is 4.40. The topological polar surface area (TPSA) is 46.5 Å². The number of carbonyl (C=O) groups is 1. The van der Waals surface area contributed by atoms with Crippen molar-refractivity contribution in [2.24, 2.45) is 5.92 Å². The molecule has 0 amide bonds. The highest BCUT2D eigenvalue weighted by Crippen LogP contribution is 2.36. The van der Waals surface area contributed by atoms with Gasteiger partial charge in [-0.05, 0) is 48.4 Å². The van der Waals surface area contributed by atoms with Crippen LogP contribution in [0.1, 0.15) is 36.0 Å². The van der Waals surface area contributed by atoms with Crippen molar-refractivity contribution in [2.75, 3.05) is 6.61 Å². The van der Waals surface area contributed by atoms with Crippen molar-refractivity contribution in [3.8, 4) is 5.75 Å². The Hall–Kier alpha value is -2.17. The zero-order valence-electron chi connectivity index (χ0n) is 12.6. The minimum absolute atomic E-state index is 0.0709. The maximum atomic E-state index is 13.2. The number of fused-ring (bicyclic) bond motifs is 1. The van der Waals surface area contributed by atoms with Crippen molar-refractivity contribution in [1.82, 2.24) is 0 Å². The molecule has 0 unspecified atom stereocenters. The van der Waals surface area contributed by atoms with Crippen LogP contribution >= 0.6 is 0 Å². The van der Waals surface area contributed by atoms with E-state index in [9.17, 15) is 13.6 Å². The maximum Gasteiger partial charge on any atom is 0.335 e. The van der Waals surface area contributed by atoms with Gasteiger partial charge < -0.3 is 9.84 Å². The van der Waals surface area contributed by atoms with Crippen LogP contribution in [0.4, 0.5) is 8.78 Å². The molecule has 0 heterocycles. The van der Waals surface area contributed by atoms with E-state index in [1.165, 1.54) is 0 Å². The quantitative estimate of drug-likeness (QED) is 0.885. The van der Waals surface area contributed by atoms with Gasteiger partial charge in [-0.2, -0.15) is 0 Å². The molecule has 1 N–H and O–H groups in total. The molecule has 0 spiro atoms. The summed E-state index contributed by atoms with van der Waals surface area (Å²) in [5.41, 5.74) is 0.226. The molecule has 2 aromatic rings. The van der Waals surface area contributed by atoms with Gasteiger partial charge in [0, 0.05) is 18.2 Å². The molecule has 3 rings (SSSR count). The molecule has 1 fully saturated rings. The van der Waals surface area contributed by atoms with E-state index in [0.29, 0.717) is 25.2 Å². The lowest BCUT2D eigenvalue weighted by atomic mass is 9.87. The number of benzene rings is 2. The first kappa shape index (κ1) is 15.7. The minimum atomic E-state index is -2.52. The van der Waals surface area contributed by atoms with Crippen molar-refractivity contribution in [3.63, 3.8) is 0 Å². The van der Waals surface area contributed by atoms with E-state index in [1.54, 1.807) is 24.3 Å². The van der Waals surface area contributed by atoms with E-state index < -0.39 is 11.9 Å². The van der Waals surface area contributed by atoms with Crippen molar-refractivity contribution in [3.05, 3.63) is 42.0 Å². The van der Waals surface area contributed by atoms with Crippen LogP contribution in [-0.4, -0.2) is 23.6 Å². The molecule has 5 heteroatoms. The molecule has 3 nitrogen and oxygen atoms in total. The first-order valence-electron chi connectivity index (χ1n) is 7.71. The summed E-state index contributed by atoms with van der Waals surface area (Å²) in [5.74, 6) is -2.69. The van der Waals surface area contributed by atoms with Gasteiger partial charge in [0.1, 0.15) is 5.75 Å². The first-order valence-corrected chi connectivity index (χ1v) is 7.71. The minimum Gasteiger partial charge on any atom is -0.493 e. The Morgan fingerprint density at radius 2 is 1.96 bits per heavy atom. The van der Waals surface area contributed by atoms with Gasteiger partial charge in [0.15, 0.2) is 0 Å². The number of hydrogen-bond acceptors (Lipinski definition) is 2. The normalized spacial score (nSPS) is 18.0. The monoisotopic (exact) mass is 320 g/mol. The van der Waals surface area contributed by atoms with E-state index in [1.807, 2.05) is 12.1 Å². The molecular formula is C18H18F2O3. The number of carboxylic acids is 1. The third-order valence-electron chi connectivity index (χ3n) is 4.40. The molecule has 0 radical (unpaired) electrons. The van der Waals surface area contributed by atoms with Crippen LogP contribution in [0.2, 0.25) is 0 Å². The van der Waals surface area contributed by atoms with Gasteiger partial charge in [-0.25, -0.2) is 13.6 Å². The van der Waals surface area contributed by atoms with Gasteiger partial charge in [0.25, 0.3) is 0 Å². The highest BCUT2D eigenvalue weighted by Gasteiger charge is 2.35. The van der Waals surface area contributed by atoms with E-state index in [-0.39, 0.29) is 24.3 Å². The Labute approximate surface area is 132 Å². The van der Waals surface area contributed by atoms with E-state index >= 15 is 0 Å². The highest BCUT2D eigenvalue weighted by molar-refractivity contribution is 5.96. The van der Waals surface area contributed by atoms with Crippen molar-refractivity contribution >= 4 is 16.7 Å². The number of alkyl halides is 2. The van der Waals surface area contributed by atoms with E-state index in [0.717, 1.165) is 10.8 Å². The summed E-state index contributed by atoms with van der Waals surface area (Å²) in [6, 6.07) is 10.3. The van der Waals surface area contributed by atoms with Crippen LogP contribution < -0.4 is 4.74 Å². The summed E-state index contributed by atoms with van der Waals surface area (Å²) >= 11 is 0. The second-order valence-corrected chi connectivity index (χ2v) is 6.11. The number of ether oxygens (including phenoxy) is 1.